The average molecular weight is 417 g/mol. The fourth-order valence-corrected chi connectivity index (χ4v) is 3.62. The van der Waals surface area contributed by atoms with Gasteiger partial charge >= 0.3 is 0 Å². The number of carbonyl (C=O) groups excluding carboxylic acids is 2. The van der Waals surface area contributed by atoms with E-state index in [9.17, 15) is 14.0 Å². The van der Waals surface area contributed by atoms with E-state index in [4.69, 9.17) is 0 Å². The van der Waals surface area contributed by atoms with Crippen LogP contribution in [-0.2, 0) is 16.6 Å². The summed E-state index contributed by atoms with van der Waals surface area (Å²) in [6.45, 7) is 8.66. The van der Waals surface area contributed by atoms with Crippen molar-refractivity contribution in [3.05, 3.63) is 41.5 Å². The Bertz CT molecular complexity index is 920. The van der Waals surface area contributed by atoms with Gasteiger partial charge in [-0.15, -0.1) is 0 Å². The largest absolute Gasteiger partial charge is 0.325 e. The van der Waals surface area contributed by atoms with Gasteiger partial charge in [-0.2, -0.15) is 5.10 Å². The molecule has 0 aliphatic carbocycles. The zero-order valence-corrected chi connectivity index (χ0v) is 17.9. The Morgan fingerprint density at radius 1 is 1.17 bits per heavy atom. The van der Waals surface area contributed by atoms with Crippen LogP contribution in [0.5, 0.6) is 0 Å². The molecule has 0 radical (unpaired) electrons. The lowest BCUT2D eigenvalue weighted by Crippen LogP contribution is -2.53. The van der Waals surface area contributed by atoms with Crippen molar-refractivity contribution < 1.29 is 14.0 Å². The zero-order valence-electron chi connectivity index (χ0n) is 17.9. The van der Waals surface area contributed by atoms with Crippen LogP contribution < -0.4 is 10.6 Å². The van der Waals surface area contributed by atoms with Gasteiger partial charge < -0.3 is 10.6 Å². The van der Waals surface area contributed by atoms with E-state index in [2.05, 4.69) is 25.5 Å². The van der Waals surface area contributed by atoms with Crippen molar-refractivity contribution in [2.24, 2.45) is 7.05 Å². The first-order valence-corrected chi connectivity index (χ1v) is 10.1. The first-order valence-electron chi connectivity index (χ1n) is 10.1. The number of amides is 2. The molecule has 2 amide bonds. The minimum Gasteiger partial charge on any atom is -0.325 e. The molecule has 2 heterocycles. The molecule has 162 valence electrons. The summed E-state index contributed by atoms with van der Waals surface area (Å²) in [5, 5.41) is 10.0. The number of anilines is 2. The van der Waals surface area contributed by atoms with Gasteiger partial charge in [0.25, 0.3) is 0 Å². The van der Waals surface area contributed by atoms with Crippen LogP contribution >= 0.6 is 0 Å². The van der Waals surface area contributed by atoms with Crippen LogP contribution in [0.4, 0.5) is 15.8 Å². The summed E-state index contributed by atoms with van der Waals surface area (Å²) in [6, 6.07) is 5.52. The molecule has 1 aromatic heterocycles. The normalized spacial score (nSPS) is 16.3. The molecule has 9 heteroatoms. The Balaban J connectivity index is 1.47. The number of hydrogen-bond acceptors (Lipinski definition) is 5. The third kappa shape index (κ3) is 5.22. The third-order valence-corrected chi connectivity index (χ3v) is 5.57. The summed E-state index contributed by atoms with van der Waals surface area (Å²) in [7, 11) is 1.85. The molecule has 1 aliphatic rings. The Hall–Kier alpha value is -2.78. The van der Waals surface area contributed by atoms with E-state index in [1.807, 2.05) is 27.8 Å². The first kappa shape index (κ1) is 21.9. The van der Waals surface area contributed by atoms with E-state index in [1.54, 1.807) is 16.8 Å². The molecular weight excluding hydrogens is 387 g/mol. The monoisotopic (exact) mass is 416 g/mol. The van der Waals surface area contributed by atoms with Crippen molar-refractivity contribution >= 4 is 23.2 Å². The number of halogens is 1. The van der Waals surface area contributed by atoms with Gasteiger partial charge in [0.15, 0.2) is 0 Å². The second kappa shape index (κ2) is 9.36. The Morgan fingerprint density at radius 2 is 1.87 bits per heavy atom. The topological polar surface area (TPSA) is 82.5 Å². The number of carbonyl (C=O) groups is 2. The van der Waals surface area contributed by atoms with Crippen molar-refractivity contribution in [2.75, 3.05) is 43.4 Å². The van der Waals surface area contributed by atoms with Gasteiger partial charge in [-0.3, -0.25) is 24.1 Å². The van der Waals surface area contributed by atoms with Crippen molar-refractivity contribution in [1.29, 1.82) is 0 Å². The second-order valence-corrected chi connectivity index (χ2v) is 7.71. The molecule has 0 saturated carbocycles. The number of aryl methyl sites for hydroxylation is 2. The van der Waals surface area contributed by atoms with Crippen LogP contribution in [0.2, 0.25) is 0 Å². The van der Waals surface area contributed by atoms with Crippen LogP contribution in [0.25, 0.3) is 0 Å². The molecule has 8 nitrogen and oxygen atoms in total. The molecule has 1 saturated heterocycles. The molecule has 1 fully saturated rings. The number of nitrogens with zero attached hydrogens (tertiary/aromatic N) is 4. The van der Waals surface area contributed by atoms with Crippen LogP contribution in [0.15, 0.2) is 24.3 Å². The minimum atomic E-state index is -0.385. The number of benzene rings is 1. The van der Waals surface area contributed by atoms with Gasteiger partial charge in [-0.25, -0.2) is 4.39 Å². The van der Waals surface area contributed by atoms with Crippen LogP contribution in [0.1, 0.15) is 18.3 Å². The summed E-state index contributed by atoms with van der Waals surface area (Å²) in [4.78, 5) is 29.1. The van der Waals surface area contributed by atoms with Gasteiger partial charge in [0, 0.05) is 38.9 Å². The smallest absolute Gasteiger partial charge is 0.241 e. The zero-order chi connectivity index (χ0) is 21.8. The minimum absolute atomic E-state index is 0.0699. The lowest BCUT2D eigenvalue weighted by Gasteiger charge is -2.37. The predicted octanol–water partition coefficient (Wildman–Crippen LogP) is 1.76. The van der Waals surface area contributed by atoms with E-state index in [1.165, 1.54) is 12.1 Å². The number of rotatable bonds is 6. The van der Waals surface area contributed by atoms with Crippen LogP contribution in [-0.4, -0.2) is 70.2 Å². The molecule has 1 aromatic carbocycles. The van der Waals surface area contributed by atoms with Crippen molar-refractivity contribution in [2.45, 2.75) is 26.8 Å². The predicted molar refractivity (Wildman–Crippen MR) is 114 cm³/mol. The maximum Gasteiger partial charge on any atom is 0.241 e. The summed E-state index contributed by atoms with van der Waals surface area (Å²) < 4.78 is 15.0. The molecule has 0 bridgehead atoms. The molecule has 1 unspecified atom stereocenters. The number of nitrogens with one attached hydrogen (secondary N) is 2. The van der Waals surface area contributed by atoms with Crippen LogP contribution in [0, 0.1) is 19.7 Å². The molecule has 3 rings (SSSR count). The molecule has 2 aromatic rings. The third-order valence-electron chi connectivity index (χ3n) is 5.57. The van der Waals surface area contributed by atoms with Gasteiger partial charge in [0.05, 0.1) is 29.7 Å². The number of hydrogen-bond donors (Lipinski definition) is 2. The van der Waals surface area contributed by atoms with E-state index >= 15 is 0 Å². The SMILES string of the molecule is Cc1nn(C)c(C)c1NC(=O)CN1CCN(C(C)C(=O)Nc2cccc(F)c2)CC1. The second-order valence-electron chi connectivity index (χ2n) is 7.71. The molecule has 30 heavy (non-hydrogen) atoms. The standard InChI is InChI=1S/C21H29FN6O2/c1-14-20(15(2)26(4)25-14)24-19(29)13-27-8-10-28(11-9-27)16(3)21(30)23-18-7-5-6-17(22)12-18/h5-7,12,16H,8-11,13H2,1-4H3,(H,23,30)(H,24,29). The number of aromatic nitrogens is 2. The van der Waals surface area contributed by atoms with Gasteiger partial charge in [-0.1, -0.05) is 6.07 Å². The van der Waals surface area contributed by atoms with Crippen molar-refractivity contribution in [3.63, 3.8) is 0 Å². The fraction of sp³-hybridized carbons (Fsp3) is 0.476. The quantitative estimate of drug-likeness (QED) is 0.750. The molecular formula is C21H29FN6O2. The van der Waals surface area contributed by atoms with Crippen LogP contribution in [0.3, 0.4) is 0 Å². The summed E-state index contributed by atoms with van der Waals surface area (Å²) >= 11 is 0. The van der Waals surface area contributed by atoms with Crippen molar-refractivity contribution in [3.8, 4) is 0 Å². The van der Waals surface area contributed by atoms with Gasteiger partial charge in [-0.05, 0) is 39.0 Å². The Kier molecular flexibility index (Phi) is 6.84. The number of piperazine rings is 1. The molecule has 2 N–H and O–H groups in total. The molecule has 1 atom stereocenters. The van der Waals surface area contributed by atoms with E-state index < -0.39 is 0 Å². The fourth-order valence-electron chi connectivity index (χ4n) is 3.62. The van der Waals surface area contributed by atoms with Gasteiger partial charge in [0.2, 0.25) is 11.8 Å². The average Bonchev–Trinajstić information content (AvgIpc) is 2.94. The highest BCUT2D eigenvalue weighted by molar-refractivity contribution is 5.94. The van der Waals surface area contributed by atoms with E-state index in [-0.39, 0.29) is 23.7 Å². The highest BCUT2D eigenvalue weighted by Gasteiger charge is 2.26. The lowest BCUT2D eigenvalue weighted by atomic mass is 10.2. The molecule has 0 spiro atoms. The van der Waals surface area contributed by atoms with E-state index in [0.717, 1.165) is 17.1 Å². The van der Waals surface area contributed by atoms with E-state index in [0.29, 0.717) is 38.4 Å². The maximum atomic E-state index is 13.3. The first-order chi connectivity index (χ1) is 14.2. The Morgan fingerprint density at radius 3 is 2.47 bits per heavy atom. The summed E-state index contributed by atoms with van der Waals surface area (Å²) in [5.74, 6) is -0.627. The summed E-state index contributed by atoms with van der Waals surface area (Å²) in [5.41, 5.74) is 2.93. The maximum absolute atomic E-state index is 13.3. The lowest BCUT2D eigenvalue weighted by molar-refractivity contribution is -0.122. The van der Waals surface area contributed by atoms with Crippen molar-refractivity contribution in [1.82, 2.24) is 19.6 Å². The highest BCUT2D eigenvalue weighted by atomic mass is 19.1. The summed E-state index contributed by atoms with van der Waals surface area (Å²) in [6.07, 6.45) is 0. The molecule has 1 aliphatic heterocycles. The van der Waals surface area contributed by atoms with Gasteiger partial charge in [0.1, 0.15) is 5.82 Å². The Labute approximate surface area is 176 Å². The highest BCUT2D eigenvalue weighted by Crippen LogP contribution is 2.18.